The Morgan fingerprint density at radius 3 is 2.60 bits per heavy atom. The lowest BCUT2D eigenvalue weighted by molar-refractivity contribution is 0.0606. The van der Waals surface area contributed by atoms with Crippen molar-refractivity contribution in [2.24, 2.45) is 0 Å². The first-order chi connectivity index (χ1) is 11.8. The SMILES string of the molecule is CC(=O)c1cccc2c1OC(C)(C)CC2NC(=O)c1cccc(Cl)c1. The maximum absolute atomic E-state index is 12.6. The molecule has 1 unspecified atom stereocenters. The number of para-hydroxylation sites is 1. The van der Waals surface area contributed by atoms with Crippen molar-refractivity contribution in [3.8, 4) is 5.75 Å². The van der Waals surface area contributed by atoms with Crippen LogP contribution in [0.4, 0.5) is 0 Å². The van der Waals surface area contributed by atoms with E-state index in [2.05, 4.69) is 5.32 Å². The van der Waals surface area contributed by atoms with Crippen molar-refractivity contribution >= 4 is 23.3 Å². The highest BCUT2D eigenvalue weighted by Gasteiger charge is 2.36. The number of ketones is 1. The molecule has 0 bridgehead atoms. The molecule has 0 fully saturated rings. The van der Waals surface area contributed by atoms with Gasteiger partial charge in [-0.1, -0.05) is 29.8 Å². The number of halogens is 1. The molecular weight excluding hydrogens is 338 g/mol. The van der Waals surface area contributed by atoms with Crippen molar-refractivity contribution in [2.75, 3.05) is 0 Å². The third kappa shape index (κ3) is 3.69. The molecule has 0 radical (unpaired) electrons. The summed E-state index contributed by atoms with van der Waals surface area (Å²) in [6.45, 7) is 5.41. The summed E-state index contributed by atoms with van der Waals surface area (Å²) >= 11 is 5.98. The number of rotatable bonds is 3. The fraction of sp³-hybridized carbons (Fsp3) is 0.300. The third-order valence-electron chi connectivity index (χ3n) is 4.27. The molecule has 0 saturated carbocycles. The largest absolute Gasteiger partial charge is 0.487 e. The van der Waals surface area contributed by atoms with Gasteiger partial charge in [0.25, 0.3) is 5.91 Å². The quantitative estimate of drug-likeness (QED) is 0.818. The average molecular weight is 358 g/mol. The molecule has 1 aliphatic rings. The maximum Gasteiger partial charge on any atom is 0.251 e. The minimum Gasteiger partial charge on any atom is -0.487 e. The zero-order valence-corrected chi connectivity index (χ0v) is 15.2. The topological polar surface area (TPSA) is 55.4 Å². The van der Waals surface area contributed by atoms with Crippen LogP contribution >= 0.6 is 11.6 Å². The van der Waals surface area contributed by atoms with Crippen molar-refractivity contribution in [1.29, 1.82) is 0 Å². The molecule has 0 aromatic heterocycles. The zero-order valence-electron chi connectivity index (χ0n) is 14.4. The predicted octanol–water partition coefficient (Wildman–Crippen LogP) is 4.57. The second-order valence-corrected chi connectivity index (χ2v) is 7.32. The van der Waals surface area contributed by atoms with Crippen LogP contribution in [0.3, 0.4) is 0 Å². The van der Waals surface area contributed by atoms with E-state index in [1.54, 1.807) is 30.3 Å². The van der Waals surface area contributed by atoms with Gasteiger partial charge < -0.3 is 10.1 Å². The summed E-state index contributed by atoms with van der Waals surface area (Å²) in [5.41, 5.74) is 1.36. The van der Waals surface area contributed by atoms with E-state index in [-0.39, 0.29) is 17.7 Å². The predicted molar refractivity (Wildman–Crippen MR) is 97.4 cm³/mol. The van der Waals surface area contributed by atoms with Crippen LogP contribution in [0.15, 0.2) is 42.5 Å². The molecule has 3 rings (SSSR count). The standard InChI is InChI=1S/C20H20ClNO3/c1-12(23)15-8-5-9-16-17(11-20(2,3)25-18(15)16)22-19(24)13-6-4-7-14(21)10-13/h4-10,17H,11H2,1-3H3,(H,22,24). The van der Waals surface area contributed by atoms with E-state index in [1.807, 2.05) is 26.0 Å². The number of Topliss-reactive ketones (excluding diaryl/α,β-unsaturated/α-hetero) is 1. The van der Waals surface area contributed by atoms with Crippen molar-refractivity contribution in [1.82, 2.24) is 5.32 Å². The molecule has 130 valence electrons. The second-order valence-electron chi connectivity index (χ2n) is 6.88. The normalized spacial score (nSPS) is 18.0. The fourth-order valence-corrected chi connectivity index (χ4v) is 3.33. The van der Waals surface area contributed by atoms with Crippen LogP contribution in [-0.4, -0.2) is 17.3 Å². The fourth-order valence-electron chi connectivity index (χ4n) is 3.14. The molecule has 2 aromatic rings. The molecule has 5 heteroatoms. The number of carbonyl (C=O) groups is 2. The smallest absolute Gasteiger partial charge is 0.251 e. The van der Waals surface area contributed by atoms with Crippen molar-refractivity contribution < 1.29 is 14.3 Å². The number of hydrogen-bond donors (Lipinski definition) is 1. The molecule has 1 aliphatic heterocycles. The Morgan fingerprint density at radius 2 is 1.92 bits per heavy atom. The van der Waals surface area contributed by atoms with Gasteiger partial charge in [-0.15, -0.1) is 0 Å². The van der Waals surface area contributed by atoms with Gasteiger partial charge in [0.15, 0.2) is 5.78 Å². The Bertz CT molecular complexity index is 845. The molecule has 1 N–H and O–H groups in total. The molecule has 1 amide bonds. The third-order valence-corrected chi connectivity index (χ3v) is 4.50. The van der Waals surface area contributed by atoms with E-state index in [4.69, 9.17) is 16.3 Å². The van der Waals surface area contributed by atoms with E-state index in [0.717, 1.165) is 5.56 Å². The Hall–Kier alpha value is -2.33. The number of hydrogen-bond acceptors (Lipinski definition) is 3. The number of amides is 1. The van der Waals surface area contributed by atoms with Crippen LogP contribution in [0.5, 0.6) is 5.75 Å². The molecule has 4 nitrogen and oxygen atoms in total. The van der Waals surface area contributed by atoms with Gasteiger partial charge in [-0.25, -0.2) is 0 Å². The number of nitrogens with one attached hydrogen (secondary N) is 1. The number of carbonyl (C=O) groups excluding carboxylic acids is 2. The van der Waals surface area contributed by atoms with Crippen LogP contribution in [0.1, 0.15) is 59.5 Å². The highest BCUT2D eigenvalue weighted by Crippen LogP contribution is 2.41. The molecule has 0 saturated heterocycles. The van der Waals surface area contributed by atoms with Crippen LogP contribution in [0.25, 0.3) is 0 Å². The summed E-state index contributed by atoms with van der Waals surface area (Å²) in [5.74, 6) is 0.293. The summed E-state index contributed by atoms with van der Waals surface area (Å²) in [5, 5.41) is 3.56. The first-order valence-corrected chi connectivity index (χ1v) is 8.54. The van der Waals surface area contributed by atoms with E-state index in [9.17, 15) is 9.59 Å². The van der Waals surface area contributed by atoms with E-state index < -0.39 is 5.60 Å². The van der Waals surface area contributed by atoms with Gasteiger partial charge in [0.2, 0.25) is 0 Å². The molecule has 0 aliphatic carbocycles. The molecule has 2 aromatic carbocycles. The molecule has 0 spiro atoms. The maximum atomic E-state index is 12.6. The Morgan fingerprint density at radius 1 is 1.20 bits per heavy atom. The van der Waals surface area contributed by atoms with E-state index in [0.29, 0.717) is 28.3 Å². The summed E-state index contributed by atoms with van der Waals surface area (Å²) in [4.78, 5) is 24.6. The van der Waals surface area contributed by atoms with Gasteiger partial charge in [-0.05, 0) is 45.0 Å². The highest BCUT2D eigenvalue weighted by molar-refractivity contribution is 6.30. The highest BCUT2D eigenvalue weighted by atomic mass is 35.5. The van der Waals surface area contributed by atoms with Crippen LogP contribution in [0.2, 0.25) is 5.02 Å². The molecular formula is C20H20ClNO3. The Kier molecular flexibility index (Phi) is 4.56. The van der Waals surface area contributed by atoms with E-state index in [1.165, 1.54) is 6.92 Å². The zero-order chi connectivity index (χ0) is 18.2. The lowest BCUT2D eigenvalue weighted by Crippen LogP contribution is -2.41. The van der Waals surface area contributed by atoms with Crippen LogP contribution in [0, 0.1) is 0 Å². The minimum atomic E-state index is -0.495. The number of fused-ring (bicyclic) bond motifs is 1. The van der Waals surface area contributed by atoms with E-state index >= 15 is 0 Å². The average Bonchev–Trinajstić information content (AvgIpc) is 2.53. The van der Waals surface area contributed by atoms with Crippen LogP contribution < -0.4 is 10.1 Å². The van der Waals surface area contributed by atoms with Gasteiger partial charge in [-0.2, -0.15) is 0 Å². The summed E-state index contributed by atoms with van der Waals surface area (Å²) in [6, 6.07) is 12.0. The summed E-state index contributed by atoms with van der Waals surface area (Å²) in [7, 11) is 0. The van der Waals surface area contributed by atoms with Gasteiger partial charge in [0.05, 0.1) is 11.6 Å². The minimum absolute atomic E-state index is 0.0607. The monoisotopic (exact) mass is 357 g/mol. The van der Waals surface area contributed by atoms with Gasteiger partial charge in [0, 0.05) is 22.6 Å². The van der Waals surface area contributed by atoms with Crippen molar-refractivity contribution in [3.05, 3.63) is 64.2 Å². The van der Waals surface area contributed by atoms with Gasteiger partial charge >= 0.3 is 0 Å². The summed E-state index contributed by atoms with van der Waals surface area (Å²) in [6.07, 6.45) is 0.605. The van der Waals surface area contributed by atoms with Crippen LogP contribution in [-0.2, 0) is 0 Å². The summed E-state index contributed by atoms with van der Waals surface area (Å²) < 4.78 is 6.06. The van der Waals surface area contributed by atoms with Crippen molar-refractivity contribution in [3.63, 3.8) is 0 Å². The molecule has 25 heavy (non-hydrogen) atoms. The first kappa shape index (κ1) is 17.5. The Labute approximate surface area is 152 Å². The molecule has 1 heterocycles. The van der Waals surface area contributed by atoms with Gasteiger partial charge in [-0.3, -0.25) is 9.59 Å². The number of ether oxygens (including phenoxy) is 1. The number of benzene rings is 2. The molecule has 1 atom stereocenters. The lowest BCUT2D eigenvalue weighted by Gasteiger charge is -2.38. The van der Waals surface area contributed by atoms with Crippen molar-refractivity contribution in [2.45, 2.75) is 38.8 Å². The lowest BCUT2D eigenvalue weighted by atomic mass is 9.87. The van der Waals surface area contributed by atoms with Gasteiger partial charge in [0.1, 0.15) is 11.4 Å². The Balaban J connectivity index is 1.96. The first-order valence-electron chi connectivity index (χ1n) is 8.16. The second kappa shape index (κ2) is 6.52.